The first kappa shape index (κ1) is 24.6. The Hall–Kier alpha value is -3.10. The molecule has 0 fully saturated rings. The number of ether oxygens (including phenoxy) is 1. The van der Waals surface area contributed by atoms with Crippen molar-refractivity contribution in [2.45, 2.75) is 43.7 Å². The molecule has 0 spiro atoms. The number of methoxy groups -OCH3 is 1. The van der Waals surface area contributed by atoms with Gasteiger partial charge in [0.1, 0.15) is 10.6 Å². The summed E-state index contributed by atoms with van der Waals surface area (Å²) in [5.74, 6) is 0.833. The number of hydrogen-bond acceptors (Lipinski definition) is 6. The van der Waals surface area contributed by atoms with Crippen LogP contribution in [-0.2, 0) is 24.1 Å². The third-order valence-electron chi connectivity index (χ3n) is 6.45. The van der Waals surface area contributed by atoms with E-state index in [-0.39, 0.29) is 17.2 Å². The van der Waals surface area contributed by atoms with Gasteiger partial charge in [0, 0.05) is 11.4 Å². The minimum Gasteiger partial charge on any atom is -0.497 e. The molecule has 1 aliphatic rings. The lowest BCUT2D eigenvalue weighted by Crippen LogP contribution is -2.28. The molecule has 6 nitrogen and oxygen atoms in total. The Labute approximate surface area is 218 Å². The normalized spacial score (nSPS) is 13.2. The lowest BCUT2D eigenvalue weighted by Gasteiger charge is -2.13. The second-order valence-electron chi connectivity index (χ2n) is 8.85. The number of thioether (sulfide) groups is 1. The summed E-state index contributed by atoms with van der Waals surface area (Å²) in [6.45, 7) is 0.568. The first-order valence-corrected chi connectivity index (χ1v) is 14.1. The fourth-order valence-corrected chi connectivity index (χ4v) is 6.74. The van der Waals surface area contributed by atoms with Gasteiger partial charge in [-0.15, -0.1) is 11.3 Å². The minimum atomic E-state index is -0.0754. The molecule has 186 valence electrons. The molecule has 2 heterocycles. The van der Waals surface area contributed by atoms with Crippen LogP contribution < -0.4 is 15.6 Å². The van der Waals surface area contributed by atoms with Gasteiger partial charge in [0.05, 0.1) is 23.9 Å². The van der Waals surface area contributed by atoms with E-state index in [4.69, 9.17) is 9.72 Å². The first-order valence-electron chi connectivity index (χ1n) is 12.3. The molecule has 1 aliphatic carbocycles. The van der Waals surface area contributed by atoms with Crippen molar-refractivity contribution < 1.29 is 9.53 Å². The van der Waals surface area contributed by atoms with Crippen LogP contribution in [0.4, 0.5) is 0 Å². The van der Waals surface area contributed by atoms with E-state index in [1.54, 1.807) is 23.0 Å². The van der Waals surface area contributed by atoms with Crippen molar-refractivity contribution in [2.24, 2.45) is 0 Å². The molecule has 0 saturated heterocycles. The summed E-state index contributed by atoms with van der Waals surface area (Å²) in [7, 11) is 1.62. The summed E-state index contributed by atoms with van der Waals surface area (Å²) in [5, 5.41) is 4.26. The number of nitrogens with one attached hydrogen (secondary N) is 1. The van der Waals surface area contributed by atoms with Crippen molar-refractivity contribution in [3.63, 3.8) is 0 Å². The van der Waals surface area contributed by atoms with Gasteiger partial charge in [-0.3, -0.25) is 14.2 Å². The largest absolute Gasteiger partial charge is 0.497 e. The molecule has 0 bridgehead atoms. The van der Waals surface area contributed by atoms with Gasteiger partial charge in [0.25, 0.3) is 5.56 Å². The molecule has 4 aromatic rings. The number of nitrogens with zero attached hydrogens (tertiary/aromatic N) is 2. The molecule has 1 amide bonds. The zero-order valence-corrected chi connectivity index (χ0v) is 21.9. The number of aromatic nitrogens is 2. The number of rotatable bonds is 8. The molecule has 8 heteroatoms. The molecule has 2 aromatic carbocycles. The molecule has 0 aliphatic heterocycles. The van der Waals surface area contributed by atoms with Gasteiger partial charge in [-0.2, -0.15) is 0 Å². The molecule has 0 atom stereocenters. The van der Waals surface area contributed by atoms with Crippen LogP contribution in [0.2, 0.25) is 0 Å². The predicted molar refractivity (Wildman–Crippen MR) is 147 cm³/mol. The third kappa shape index (κ3) is 5.34. The van der Waals surface area contributed by atoms with Crippen LogP contribution in [0.25, 0.3) is 15.9 Å². The highest BCUT2D eigenvalue weighted by molar-refractivity contribution is 7.99. The fraction of sp³-hybridized carbons (Fsp3) is 0.321. The van der Waals surface area contributed by atoms with Gasteiger partial charge in [-0.05, 0) is 67.5 Å². The first-order chi connectivity index (χ1) is 17.6. The highest BCUT2D eigenvalue weighted by atomic mass is 32.2. The number of aryl methyl sites for hydroxylation is 2. The summed E-state index contributed by atoms with van der Waals surface area (Å²) >= 11 is 2.94. The molecular weight excluding hydrogens is 490 g/mol. The standard InChI is InChI=1S/C28H29N3O3S2/c1-34-21-14-12-20(13-15-21)31-27(33)25-22-10-6-3-7-11-23(22)36-26(25)30-28(31)35-18-24(32)29-17-16-19-8-4-2-5-9-19/h2,4-5,8-9,12-15H,3,6-7,10-11,16-18H2,1H3,(H,29,32). The van der Waals surface area contributed by atoms with Crippen LogP contribution >= 0.6 is 23.1 Å². The molecule has 36 heavy (non-hydrogen) atoms. The monoisotopic (exact) mass is 519 g/mol. The van der Waals surface area contributed by atoms with E-state index in [2.05, 4.69) is 17.4 Å². The lowest BCUT2D eigenvalue weighted by atomic mass is 10.1. The maximum Gasteiger partial charge on any atom is 0.267 e. The van der Waals surface area contributed by atoms with E-state index in [1.807, 2.05) is 42.5 Å². The molecular formula is C28H29N3O3S2. The zero-order valence-electron chi connectivity index (χ0n) is 20.3. The van der Waals surface area contributed by atoms with Crippen LogP contribution in [0.5, 0.6) is 5.75 Å². The molecule has 0 unspecified atom stereocenters. The lowest BCUT2D eigenvalue weighted by molar-refractivity contribution is -0.118. The highest BCUT2D eigenvalue weighted by Crippen LogP contribution is 2.34. The van der Waals surface area contributed by atoms with Crippen LogP contribution in [0.1, 0.15) is 35.3 Å². The Kier molecular flexibility index (Phi) is 7.72. The quantitative estimate of drug-likeness (QED) is 0.197. The van der Waals surface area contributed by atoms with E-state index in [0.717, 1.165) is 53.8 Å². The fourth-order valence-electron chi connectivity index (χ4n) is 4.59. The van der Waals surface area contributed by atoms with Gasteiger partial charge in [-0.25, -0.2) is 4.98 Å². The van der Waals surface area contributed by atoms with Gasteiger partial charge in [0.2, 0.25) is 5.91 Å². The SMILES string of the molecule is COc1ccc(-n2c(SCC(=O)NCCc3ccccc3)nc3sc4c(c3c2=O)CCCCC4)cc1. The van der Waals surface area contributed by atoms with E-state index < -0.39 is 0 Å². The van der Waals surface area contributed by atoms with Crippen LogP contribution in [0.15, 0.2) is 64.5 Å². The van der Waals surface area contributed by atoms with Crippen molar-refractivity contribution in [3.8, 4) is 11.4 Å². The second-order valence-corrected chi connectivity index (χ2v) is 10.9. The minimum absolute atomic E-state index is 0.0587. The summed E-state index contributed by atoms with van der Waals surface area (Å²) in [6, 6.07) is 17.5. The molecule has 0 radical (unpaired) electrons. The van der Waals surface area contributed by atoms with Crippen molar-refractivity contribution >= 4 is 39.2 Å². The Morgan fingerprint density at radius 3 is 2.64 bits per heavy atom. The number of amides is 1. The smallest absolute Gasteiger partial charge is 0.267 e. The van der Waals surface area contributed by atoms with Crippen molar-refractivity contribution in [1.82, 2.24) is 14.9 Å². The molecule has 2 aromatic heterocycles. The van der Waals surface area contributed by atoms with E-state index in [9.17, 15) is 9.59 Å². The van der Waals surface area contributed by atoms with Crippen molar-refractivity contribution in [3.05, 3.63) is 81.0 Å². The molecule has 5 rings (SSSR count). The Morgan fingerprint density at radius 1 is 1.08 bits per heavy atom. The van der Waals surface area contributed by atoms with Gasteiger partial charge >= 0.3 is 0 Å². The van der Waals surface area contributed by atoms with Gasteiger partial charge in [0.15, 0.2) is 5.16 Å². The van der Waals surface area contributed by atoms with Crippen molar-refractivity contribution in [2.75, 3.05) is 19.4 Å². The maximum absolute atomic E-state index is 13.9. The average Bonchev–Trinajstić information content (AvgIpc) is 3.09. The number of carbonyl (C=O) groups excluding carboxylic acids is 1. The van der Waals surface area contributed by atoms with Crippen LogP contribution in [-0.4, -0.2) is 34.9 Å². The second kappa shape index (κ2) is 11.3. The van der Waals surface area contributed by atoms with Crippen molar-refractivity contribution in [1.29, 1.82) is 0 Å². The molecule has 0 saturated carbocycles. The Bertz CT molecular complexity index is 1410. The zero-order chi connectivity index (χ0) is 24.9. The number of hydrogen-bond donors (Lipinski definition) is 1. The third-order valence-corrected chi connectivity index (χ3v) is 8.57. The maximum atomic E-state index is 13.9. The van der Waals surface area contributed by atoms with E-state index >= 15 is 0 Å². The Morgan fingerprint density at radius 2 is 1.86 bits per heavy atom. The number of thiophene rings is 1. The summed E-state index contributed by atoms with van der Waals surface area (Å²) < 4.78 is 6.95. The van der Waals surface area contributed by atoms with Crippen LogP contribution in [0, 0.1) is 0 Å². The summed E-state index contributed by atoms with van der Waals surface area (Å²) in [5.41, 5.74) is 3.01. The number of fused-ring (bicyclic) bond motifs is 3. The topological polar surface area (TPSA) is 73.2 Å². The molecule has 1 N–H and O–H groups in total. The van der Waals surface area contributed by atoms with Gasteiger partial charge < -0.3 is 10.1 Å². The highest BCUT2D eigenvalue weighted by Gasteiger charge is 2.22. The van der Waals surface area contributed by atoms with E-state index in [0.29, 0.717) is 11.7 Å². The van der Waals surface area contributed by atoms with Gasteiger partial charge in [-0.1, -0.05) is 48.5 Å². The Balaban J connectivity index is 1.43. The number of carbonyl (C=O) groups is 1. The average molecular weight is 520 g/mol. The van der Waals surface area contributed by atoms with Crippen LogP contribution in [0.3, 0.4) is 0 Å². The van der Waals surface area contributed by atoms with E-state index in [1.165, 1.54) is 34.2 Å². The summed E-state index contributed by atoms with van der Waals surface area (Å²) in [6.07, 6.45) is 6.14. The summed E-state index contributed by atoms with van der Waals surface area (Å²) in [4.78, 5) is 33.5. The predicted octanol–water partition coefficient (Wildman–Crippen LogP) is 5.18. The number of benzene rings is 2.